The molecule has 1 heterocycles. The van der Waals surface area contributed by atoms with Gasteiger partial charge in [-0.05, 0) is 44.9 Å². The second-order valence-electron chi connectivity index (χ2n) is 5.99. The van der Waals surface area contributed by atoms with Gasteiger partial charge in [-0.2, -0.15) is 5.10 Å². The first-order valence-corrected chi connectivity index (χ1v) is 8.69. The Morgan fingerprint density at radius 2 is 1.96 bits per heavy atom. The number of hydrogen-bond acceptors (Lipinski definition) is 4. The van der Waals surface area contributed by atoms with Gasteiger partial charge in [0.2, 0.25) is 11.8 Å². The van der Waals surface area contributed by atoms with Crippen molar-refractivity contribution in [3.8, 4) is 11.4 Å². The Hall–Kier alpha value is -2.83. The lowest BCUT2D eigenvalue weighted by molar-refractivity contribution is -0.126. The number of aryl methyl sites for hydroxylation is 1. The molecule has 0 aliphatic rings. The zero-order chi connectivity index (χ0) is 19.1. The third-order valence-corrected chi connectivity index (χ3v) is 4.16. The van der Waals surface area contributed by atoms with Gasteiger partial charge in [0.15, 0.2) is 0 Å². The number of nitrogens with one attached hydrogen (secondary N) is 2. The van der Waals surface area contributed by atoms with Crippen molar-refractivity contribution in [2.24, 2.45) is 0 Å². The maximum atomic E-state index is 12.0. The number of carbonyl (C=O) groups excluding carboxylic acids is 2. The third-order valence-electron chi connectivity index (χ3n) is 4.16. The largest absolute Gasteiger partial charge is 0.497 e. The molecule has 0 saturated carbocycles. The van der Waals surface area contributed by atoms with Crippen LogP contribution in [0.4, 0.5) is 0 Å². The summed E-state index contributed by atoms with van der Waals surface area (Å²) in [5.41, 5.74) is 3.84. The van der Waals surface area contributed by atoms with Gasteiger partial charge in [0.25, 0.3) is 0 Å². The van der Waals surface area contributed by atoms with Crippen molar-refractivity contribution in [2.45, 2.75) is 33.6 Å². The number of hydrogen-bond donors (Lipinski definition) is 2. The Balaban J connectivity index is 2.03. The van der Waals surface area contributed by atoms with Gasteiger partial charge in [0, 0.05) is 24.7 Å². The van der Waals surface area contributed by atoms with E-state index < -0.39 is 0 Å². The minimum atomic E-state index is -0.181. The molecule has 0 radical (unpaired) electrons. The second-order valence-corrected chi connectivity index (χ2v) is 5.99. The van der Waals surface area contributed by atoms with Gasteiger partial charge in [0.05, 0.1) is 25.0 Å². The molecule has 0 unspecified atom stereocenters. The molecule has 140 valence electrons. The second kappa shape index (κ2) is 9.03. The van der Waals surface area contributed by atoms with Crippen molar-refractivity contribution in [3.63, 3.8) is 0 Å². The smallest absolute Gasteiger partial charge is 0.239 e. The maximum absolute atomic E-state index is 12.0. The SMILES string of the molecule is CCNC(=O)CNC(=O)CCc1c(C)nn(-c2cccc(OC)c2)c1C. The molecule has 0 saturated heterocycles. The molecule has 0 fully saturated rings. The Labute approximate surface area is 153 Å². The van der Waals surface area contributed by atoms with E-state index in [1.165, 1.54) is 0 Å². The highest BCUT2D eigenvalue weighted by atomic mass is 16.5. The number of likely N-dealkylation sites (N-methyl/N-ethyl adjacent to an activating group) is 1. The molecule has 7 heteroatoms. The van der Waals surface area contributed by atoms with Gasteiger partial charge in [-0.15, -0.1) is 0 Å². The zero-order valence-corrected chi connectivity index (χ0v) is 15.8. The lowest BCUT2D eigenvalue weighted by Gasteiger charge is -2.08. The average Bonchev–Trinajstić information content (AvgIpc) is 2.92. The van der Waals surface area contributed by atoms with Crippen LogP contribution in [0.25, 0.3) is 5.69 Å². The summed E-state index contributed by atoms with van der Waals surface area (Å²) < 4.78 is 7.13. The van der Waals surface area contributed by atoms with Crippen molar-refractivity contribution < 1.29 is 14.3 Å². The van der Waals surface area contributed by atoms with E-state index in [2.05, 4.69) is 15.7 Å². The molecule has 2 N–H and O–H groups in total. The fourth-order valence-electron chi connectivity index (χ4n) is 2.80. The summed E-state index contributed by atoms with van der Waals surface area (Å²) in [5.74, 6) is 0.435. The molecule has 26 heavy (non-hydrogen) atoms. The number of rotatable bonds is 8. The highest BCUT2D eigenvalue weighted by Crippen LogP contribution is 2.22. The topological polar surface area (TPSA) is 85.3 Å². The lowest BCUT2D eigenvalue weighted by Crippen LogP contribution is -2.36. The molecular formula is C19H26N4O3. The van der Waals surface area contributed by atoms with Gasteiger partial charge in [-0.3, -0.25) is 9.59 Å². The molecular weight excluding hydrogens is 332 g/mol. The Kier molecular flexibility index (Phi) is 6.77. The Morgan fingerprint density at radius 1 is 1.19 bits per heavy atom. The molecule has 0 spiro atoms. The van der Waals surface area contributed by atoms with Crippen LogP contribution in [0.5, 0.6) is 5.75 Å². The van der Waals surface area contributed by atoms with Crippen LogP contribution in [0, 0.1) is 13.8 Å². The Morgan fingerprint density at radius 3 is 2.65 bits per heavy atom. The summed E-state index contributed by atoms with van der Waals surface area (Å²) in [7, 11) is 1.63. The number of methoxy groups -OCH3 is 1. The van der Waals surface area contributed by atoms with E-state index in [1.54, 1.807) is 7.11 Å². The van der Waals surface area contributed by atoms with E-state index in [0.717, 1.165) is 28.4 Å². The van der Waals surface area contributed by atoms with Gasteiger partial charge in [0.1, 0.15) is 5.75 Å². The van der Waals surface area contributed by atoms with Gasteiger partial charge in [-0.1, -0.05) is 6.07 Å². The fraction of sp³-hybridized carbons (Fsp3) is 0.421. The van der Waals surface area contributed by atoms with Gasteiger partial charge in [-0.25, -0.2) is 4.68 Å². The van der Waals surface area contributed by atoms with E-state index in [0.29, 0.717) is 19.4 Å². The highest BCUT2D eigenvalue weighted by Gasteiger charge is 2.15. The summed E-state index contributed by atoms with van der Waals surface area (Å²) in [5, 5.41) is 9.88. The highest BCUT2D eigenvalue weighted by molar-refractivity contribution is 5.84. The summed E-state index contributed by atoms with van der Waals surface area (Å²) in [4.78, 5) is 23.4. The number of amides is 2. The van der Waals surface area contributed by atoms with Gasteiger partial charge < -0.3 is 15.4 Å². The molecule has 0 aliphatic carbocycles. The molecule has 0 atom stereocenters. The van der Waals surface area contributed by atoms with E-state index in [-0.39, 0.29) is 18.4 Å². The van der Waals surface area contributed by atoms with E-state index >= 15 is 0 Å². The van der Waals surface area contributed by atoms with E-state index in [9.17, 15) is 9.59 Å². The molecule has 2 rings (SSSR count). The van der Waals surface area contributed by atoms with E-state index in [1.807, 2.05) is 49.7 Å². The summed E-state index contributed by atoms with van der Waals surface area (Å²) in [6.07, 6.45) is 0.883. The van der Waals surface area contributed by atoms with Crippen LogP contribution in [-0.4, -0.2) is 41.8 Å². The normalized spacial score (nSPS) is 10.5. The molecule has 7 nitrogen and oxygen atoms in total. The fourth-order valence-corrected chi connectivity index (χ4v) is 2.80. The van der Waals surface area contributed by atoms with Crippen molar-refractivity contribution >= 4 is 11.8 Å². The number of nitrogens with zero attached hydrogens (tertiary/aromatic N) is 2. The van der Waals surface area contributed by atoms with E-state index in [4.69, 9.17) is 4.74 Å². The number of ether oxygens (including phenoxy) is 1. The molecule has 1 aromatic heterocycles. The lowest BCUT2D eigenvalue weighted by atomic mass is 10.1. The van der Waals surface area contributed by atoms with Crippen LogP contribution in [0.15, 0.2) is 24.3 Å². The van der Waals surface area contributed by atoms with Crippen LogP contribution in [0.2, 0.25) is 0 Å². The van der Waals surface area contributed by atoms with Crippen LogP contribution in [0.3, 0.4) is 0 Å². The van der Waals surface area contributed by atoms with Crippen molar-refractivity contribution in [3.05, 3.63) is 41.2 Å². The van der Waals surface area contributed by atoms with Crippen LogP contribution in [0.1, 0.15) is 30.3 Å². The maximum Gasteiger partial charge on any atom is 0.239 e. The summed E-state index contributed by atoms with van der Waals surface area (Å²) in [6.45, 7) is 6.32. The minimum absolute atomic E-state index is 0.00765. The summed E-state index contributed by atoms with van der Waals surface area (Å²) in [6, 6.07) is 7.68. The van der Waals surface area contributed by atoms with Crippen molar-refractivity contribution in [1.29, 1.82) is 0 Å². The molecule has 1 aromatic carbocycles. The minimum Gasteiger partial charge on any atom is -0.497 e. The number of benzene rings is 1. The monoisotopic (exact) mass is 358 g/mol. The quantitative estimate of drug-likeness (QED) is 0.752. The molecule has 2 aromatic rings. The van der Waals surface area contributed by atoms with Crippen LogP contribution >= 0.6 is 0 Å². The Bertz CT molecular complexity index is 783. The van der Waals surface area contributed by atoms with Crippen molar-refractivity contribution in [1.82, 2.24) is 20.4 Å². The van der Waals surface area contributed by atoms with Crippen LogP contribution in [-0.2, 0) is 16.0 Å². The zero-order valence-electron chi connectivity index (χ0n) is 15.8. The number of carbonyl (C=O) groups is 2. The summed E-state index contributed by atoms with van der Waals surface area (Å²) >= 11 is 0. The van der Waals surface area contributed by atoms with Crippen LogP contribution < -0.4 is 15.4 Å². The first-order chi connectivity index (χ1) is 12.5. The predicted molar refractivity (Wildman–Crippen MR) is 99.6 cm³/mol. The first kappa shape index (κ1) is 19.5. The van der Waals surface area contributed by atoms with Gasteiger partial charge >= 0.3 is 0 Å². The van der Waals surface area contributed by atoms with Crippen molar-refractivity contribution in [2.75, 3.05) is 20.2 Å². The average molecular weight is 358 g/mol. The number of aromatic nitrogens is 2. The first-order valence-electron chi connectivity index (χ1n) is 8.69. The molecule has 2 amide bonds. The predicted octanol–water partition coefficient (Wildman–Crippen LogP) is 1.68. The standard InChI is InChI=1S/C19H26N4O3/c1-5-20-19(25)12-21-18(24)10-9-17-13(2)22-23(14(17)3)15-7-6-8-16(11-15)26-4/h6-8,11H,5,9-10,12H2,1-4H3,(H,20,25)(H,21,24). The molecule has 0 bridgehead atoms. The molecule has 0 aliphatic heterocycles. The third kappa shape index (κ3) is 4.84.